The summed E-state index contributed by atoms with van der Waals surface area (Å²) in [5.74, 6) is 0.576. The zero-order valence-corrected chi connectivity index (χ0v) is 22.3. The van der Waals surface area contributed by atoms with Gasteiger partial charge in [-0.05, 0) is 31.9 Å². The zero-order chi connectivity index (χ0) is 22.4. The highest BCUT2D eigenvalue weighted by Gasteiger charge is 2.20. The molecule has 0 atom stereocenters. The first-order chi connectivity index (χ1) is 14.7. The number of carbonyl (C=O) groups excluding carboxylic acids is 1. The molecule has 0 bridgehead atoms. The van der Waals surface area contributed by atoms with Gasteiger partial charge in [0.25, 0.3) is 0 Å². The van der Waals surface area contributed by atoms with E-state index in [1.54, 1.807) is 23.3 Å². The Morgan fingerprint density at radius 3 is 2.38 bits per heavy atom. The molecular weight excluding hydrogens is 539 g/mol. The lowest BCUT2D eigenvalue weighted by Gasteiger charge is -2.35. The van der Waals surface area contributed by atoms with Crippen LogP contribution in [0.2, 0.25) is 0 Å². The number of halogens is 1. The summed E-state index contributed by atoms with van der Waals surface area (Å²) in [6.45, 7) is 10.1. The van der Waals surface area contributed by atoms with E-state index in [1.165, 1.54) is 0 Å². The van der Waals surface area contributed by atoms with Gasteiger partial charge < -0.3 is 25.2 Å². The van der Waals surface area contributed by atoms with Crippen molar-refractivity contribution in [3.05, 3.63) is 47.0 Å². The van der Waals surface area contributed by atoms with E-state index in [0.717, 1.165) is 42.4 Å². The van der Waals surface area contributed by atoms with Crippen LogP contribution in [0.3, 0.4) is 0 Å². The van der Waals surface area contributed by atoms with Gasteiger partial charge >= 0.3 is 6.09 Å². The van der Waals surface area contributed by atoms with Gasteiger partial charge in [0, 0.05) is 51.3 Å². The predicted octanol–water partition coefficient (Wildman–Crippen LogP) is 3.76. The van der Waals surface area contributed by atoms with E-state index in [0.29, 0.717) is 19.0 Å². The van der Waals surface area contributed by atoms with E-state index in [1.807, 2.05) is 56.6 Å². The van der Waals surface area contributed by atoms with Gasteiger partial charge in [0.15, 0.2) is 11.1 Å². The minimum atomic E-state index is -0.499. The summed E-state index contributed by atoms with van der Waals surface area (Å²) in [5, 5.41) is 3.06. The van der Waals surface area contributed by atoms with Crippen LogP contribution >= 0.6 is 35.3 Å². The second kappa shape index (κ2) is 11.7. The molecule has 8 nitrogen and oxygen atoms in total. The summed E-state index contributed by atoms with van der Waals surface area (Å²) in [5.41, 5.74) is 7.84. The van der Waals surface area contributed by atoms with Crippen molar-refractivity contribution in [3.8, 4) is 0 Å². The molecule has 0 spiro atoms. The number of aromatic nitrogens is 1. The number of rotatable bonds is 5. The Balaban J connectivity index is 0.00000363. The van der Waals surface area contributed by atoms with E-state index in [9.17, 15) is 4.79 Å². The number of anilines is 1. The maximum Gasteiger partial charge on any atom is 0.410 e. The van der Waals surface area contributed by atoms with Gasteiger partial charge in [-0.15, -0.1) is 35.3 Å². The quantitative estimate of drug-likeness (QED) is 0.334. The van der Waals surface area contributed by atoms with Gasteiger partial charge in [0.2, 0.25) is 0 Å². The van der Waals surface area contributed by atoms with Gasteiger partial charge in [-0.3, -0.25) is 0 Å². The number of benzene rings is 1. The molecule has 10 heteroatoms. The lowest BCUT2D eigenvalue weighted by Crippen LogP contribution is -2.51. The summed E-state index contributed by atoms with van der Waals surface area (Å²) in [6.07, 6.45) is 1.51. The molecule has 3 rings (SSSR count). The standard InChI is InChI=1S/C22H32N6O2S.HI/c1-22(2,3)30-21(29)26(4)16-18-7-5-17(6-8-18)15-25-19(23)27-10-12-28(13-11-27)20-24-9-14-31-20;/h5-9,14H,10-13,15-16H2,1-4H3,(H2,23,25);1H. The summed E-state index contributed by atoms with van der Waals surface area (Å²) >= 11 is 1.66. The number of amides is 1. The average Bonchev–Trinajstić information content (AvgIpc) is 3.27. The lowest BCUT2D eigenvalue weighted by molar-refractivity contribution is 0.0285. The van der Waals surface area contributed by atoms with Gasteiger partial charge in [-0.1, -0.05) is 24.3 Å². The van der Waals surface area contributed by atoms with Crippen LogP contribution in [-0.4, -0.2) is 65.7 Å². The molecule has 0 unspecified atom stereocenters. The molecule has 1 fully saturated rings. The van der Waals surface area contributed by atoms with Crippen LogP contribution in [0, 0.1) is 0 Å². The number of thiazole rings is 1. The van der Waals surface area contributed by atoms with E-state index < -0.39 is 5.60 Å². The lowest BCUT2D eigenvalue weighted by atomic mass is 10.1. The van der Waals surface area contributed by atoms with Crippen LogP contribution < -0.4 is 10.6 Å². The average molecular weight is 573 g/mol. The molecule has 1 aromatic heterocycles. The highest BCUT2D eigenvalue weighted by molar-refractivity contribution is 14.0. The Bertz CT molecular complexity index is 875. The number of hydrogen-bond donors (Lipinski definition) is 1. The molecule has 1 saturated heterocycles. The van der Waals surface area contributed by atoms with Crippen LogP contribution in [0.25, 0.3) is 0 Å². The highest BCUT2D eigenvalue weighted by atomic mass is 127. The topological polar surface area (TPSA) is 87.3 Å². The van der Waals surface area contributed by atoms with Crippen LogP contribution in [-0.2, 0) is 17.8 Å². The SMILES string of the molecule is CN(Cc1ccc(CN=C(N)N2CCN(c3nccs3)CC2)cc1)C(=O)OC(C)(C)C.I. The van der Waals surface area contributed by atoms with Crippen molar-refractivity contribution in [1.82, 2.24) is 14.8 Å². The monoisotopic (exact) mass is 572 g/mol. The second-order valence-electron chi connectivity index (χ2n) is 8.62. The summed E-state index contributed by atoms with van der Waals surface area (Å²) in [4.78, 5) is 27.0. The first-order valence-electron chi connectivity index (χ1n) is 10.4. The fourth-order valence-corrected chi connectivity index (χ4v) is 3.90. The Morgan fingerprint density at radius 1 is 1.19 bits per heavy atom. The van der Waals surface area contributed by atoms with E-state index in [-0.39, 0.29) is 30.1 Å². The smallest absolute Gasteiger partial charge is 0.410 e. The summed E-state index contributed by atoms with van der Waals surface area (Å²) in [7, 11) is 1.74. The third kappa shape index (κ3) is 7.80. The molecule has 1 aliphatic heterocycles. The number of aliphatic imine (C=N–C) groups is 1. The molecule has 0 saturated carbocycles. The van der Waals surface area contributed by atoms with Crippen molar-refractivity contribution in [1.29, 1.82) is 0 Å². The first-order valence-corrected chi connectivity index (χ1v) is 11.3. The van der Waals surface area contributed by atoms with Gasteiger partial charge in [0.05, 0.1) is 6.54 Å². The molecule has 2 N–H and O–H groups in total. The zero-order valence-electron chi connectivity index (χ0n) is 19.2. The van der Waals surface area contributed by atoms with Crippen molar-refractivity contribution >= 4 is 52.5 Å². The van der Waals surface area contributed by atoms with Crippen molar-refractivity contribution in [2.24, 2.45) is 10.7 Å². The van der Waals surface area contributed by atoms with Gasteiger partial charge in [-0.2, -0.15) is 0 Å². The number of nitrogens with two attached hydrogens (primary N) is 1. The summed E-state index contributed by atoms with van der Waals surface area (Å²) in [6, 6.07) is 8.06. The molecular formula is C22H33IN6O2S. The molecule has 0 aliphatic carbocycles. The fraction of sp³-hybridized carbons (Fsp3) is 0.500. The maximum absolute atomic E-state index is 12.1. The molecule has 1 amide bonds. The minimum Gasteiger partial charge on any atom is -0.444 e. The van der Waals surface area contributed by atoms with Gasteiger partial charge in [0.1, 0.15) is 5.60 Å². The van der Waals surface area contributed by atoms with Gasteiger partial charge in [-0.25, -0.2) is 14.8 Å². The summed E-state index contributed by atoms with van der Waals surface area (Å²) < 4.78 is 5.39. The van der Waals surface area contributed by atoms with E-state index >= 15 is 0 Å². The number of piperazine rings is 1. The number of ether oxygens (including phenoxy) is 1. The molecule has 2 aromatic rings. The molecule has 1 aliphatic rings. The maximum atomic E-state index is 12.1. The molecule has 2 heterocycles. The third-order valence-electron chi connectivity index (χ3n) is 4.86. The van der Waals surface area contributed by atoms with Crippen molar-refractivity contribution < 1.29 is 9.53 Å². The van der Waals surface area contributed by atoms with Crippen LogP contribution in [0.15, 0.2) is 40.8 Å². The predicted molar refractivity (Wildman–Crippen MR) is 141 cm³/mol. The van der Waals surface area contributed by atoms with E-state index in [2.05, 4.69) is 19.8 Å². The number of carbonyl (C=O) groups is 1. The number of guanidine groups is 1. The number of hydrogen-bond acceptors (Lipinski definition) is 6. The Morgan fingerprint density at radius 2 is 1.81 bits per heavy atom. The Kier molecular flexibility index (Phi) is 9.56. The minimum absolute atomic E-state index is 0. The Labute approximate surface area is 211 Å². The Hall–Kier alpha value is -2.08. The first kappa shape index (κ1) is 26.2. The van der Waals surface area contributed by atoms with Crippen molar-refractivity contribution in [2.75, 3.05) is 38.1 Å². The van der Waals surface area contributed by atoms with Crippen LogP contribution in [0.4, 0.5) is 9.93 Å². The fourth-order valence-electron chi connectivity index (χ4n) is 3.20. The number of nitrogens with zero attached hydrogens (tertiary/aromatic N) is 5. The molecule has 32 heavy (non-hydrogen) atoms. The normalized spacial score (nSPS) is 14.7. The molecule has 176 valence electrons. The van der Waals surface area contributed by atoms with E-state index in [4.69, 9.17) is 10.5 Å². The van der Waals surface area contributed by atoms with Crippen molar-refractivity contribution in [3.63, 3.8) is 0 Å². The molecule has 0 radical (unpaired) electrons. The van der Waals surface area contributed by atoms with Crippen LogP contribution in [0.5, 0.6) is 0 Å². The second-order valence-corrected chi connectivity index (χ2v) is 9.49. The third-order valence-corrected chi connectivity index (χ3v) is 5.70. The largest absolute Gasteiger partial charge is 0.444 e. The molecule has 1 aromatic carbocycles. The highest BCUT2D eigenvalue weighted by Crippen LogP contribution is 2.19. The van der Waals surface area contributed by atoms with Crippen LogP contribution in [0.1, 0.15) is 31.9 Å². The van der Waals surface area contributed by atoms with Crippen molar-refractivity contribution in [2.45, 2.75) is 39.5 Å².